The minimum atomic E-state index is 0.142. The van der Waals surface area contributed by atoms with E-state index in [0.717, 1.165) is 16.7 Å². The third-order valence-electron chi connectivity index (χ3n) is 2.77. The van der Waals surface area contributed by atoms with Crippen LogP contribution in [0.15, 0.2) is 42.5 Å². The Morgan fingerprint density at radius 1 is 1.06 bits per heavy atom. The average Bonchev–Trinajstić information content (AvgIpc) is 2.38. The van der Waals surface area contributed by atoms with Crippen LogP contribution in [0.25, 0.3) is 11.1 Å². The lowest BCUT2D eigenvalue weighted by Crippen LogP contribution is -1.95. The second-order valence-corrected chi connectivity index (χ2v) is 4.82. The molecule has 0 N–H and O–H groups in total. The van der Waals surface area contributed by atoms with Crippen molar-refractivity contribution in [1.82, 2.24) is 0 Å². The smallest absolute Gasteiger partial charge is 0.162 e. The van der Waals surface area contributed by atoms with E-state index in [2.05, 4.69) is 0 Å². The van der Waals surface area contributed by atoms with Crippen molar-refractivity contribution in [3.05, 3.63) is 58.1 Å². The Balaban J connectivity index is 2.37. The van der Waals surface area contributed by atoms with Crippen molar-refractivity contribution in [1.29, 1.82) is 0 Å². The summed E-state index contributed by atoms with van der Waals surface area (Å²) < 4.78 is 0. The summed E-state index contributed by atoms with van der Waals surface area (Å²) >= 11 is 12.0. The lowest BCUT2D eigenvalue weighted by molar-refractivity contribution is 0.0988. The van der Waals surface area contributed by atoms with E-state index in [1.54, 1.807) is 12.1 Å². The number of halogens is 2. The van der Waals surface area contributed by atoms with Crippen molar-refractivity contribution in [2.45, 2.75) is 13.3 Å². The molecule has 0 aliphatic carbocycles. The topological polar surface area (TPSA) is 17.1 Å². The molecule has 0 aliphatic rings. The second-order valence-electron chi connectivity index (χ2n) is 3.98. The van der Waals surface area contributed by atoms with Gasteiger partial charge < -0.3 is 0 Å². The molecule has 0 saturated heterocycles. The molecule has 0 bridgehead atoms. The first-order valence-electron chi connectivity index (χ1n) is 5.70. The Kier molecular flexibility index (Phi) is 4.05. The molecule has 0 amide bonds. The van der Waals surface area contributed by atoms with E-state index in [9.17, 15) is 4.79 Å². The predicted molar refractivity (Wildman–Crippen MR) is 76.5 cm³/mol. The van der Waals surface area contributed by atoms with E-state index in [1.807, 2.05) is 37.3 Å². The number of rotatable bonds is 3. The standard InChI is InChI=1S/C15H12Cl2O/c1-2-15(18)11-5-3-10(4-6-11)13-8-7-12(16)9-14(13)17/h3-9H,2H2,1H3. The molecule has 0 spiro atoms. The molecule has 0 atom stereocenters. The highest BCUT2D eigenvalue weighted by Gasteiger charge is 2.06. The molecule has 2 rings (SSSR count). The van der Waals surface area contributed by atoms with Gasteiger partial charge in [0.25, 0.3) is 0 Å². The van der Waals surface area contributed by atoms with E-state index in [1.165, 1.54) is 0 Å². The van der Waals surface area contributed by atoms with E-state index in [0.29, 0.717) is 16.5 Å². The summed E-state index contributed by atoms with van der Waals surface area (Å²) in [5, 5.41) is 1.22. The van der Waals surface area contributed by atoms with Crippen LogP contribution in [0, 0.1) is 0 Å². The molecule has 2 aromatic rings. The first-order chi connectivity index (χ1) is 8.61. The molecular formula is C15H12Cl2O. The van der Waals surface area contributed by atoms with Gasteiger partial charge in [0.2, 0.25) is 0 Å². The highest BCUT2D eigenvalue weighted by atomic mass is 35.5. The molecule has 3 heteroatoms. The average molecular weight is 279 g/mol. The van der Waals surface area contributed by atoms with Gasteiger partial charge in [-0.3, -0.25) is 4.79 Å². The van der Waals surface area contributed by atoms with E-state index < -0.39 is 0 Å². The SMILES string of the molecule is CCC(=O)c1ccc(-c2ccc(Cl)cc2Cl)cc1. The van der Waals surface area contributed by atoms with E-state index in [-0.39, 0.29) is 5.78 Å². The third-order valence-corrected chi connectivity index (χ3v) is 3.32. The van der Waals surface area contributed by atoms with Crippen LogP contribution in [0.3, 0.4) is 0 Å². The minimum Gasteiger partial charge on any atom is -0.294 e. The normalized spacial score (nSPS) is 10.4. The second kappa shape index (κ2) is 5.55. The summed E-state index contributed by atoms with van der Waals surface area (Å²) in [4.78, 5) is 11.5. The van der Waals surface area contributed by atoms with Crippen LogP contribution in [0.1, 0.15) is 23.7 Å². The largest absolute Gasteiger partial charge is 0.294 e. The van der Waals surface area contributed by atoms with Crippen molar-refractivity contribution in [2.24, 2.45) is 0 Å². The molecule has 0 radical (unpaired) electrons. The zero-order valence-electron chi connectivity index (χ0n) is 9.91. The summed E-state index contributed by atoms with van der Waals surface area (Å²) in [6, 6.07) is 12.8. The van der Waals surface area contributed by atoms with Gasteiger partial charge in [0.15, 0.2) is 5.78 Å². The molecule has 0 saturated carbocycles. The molecule has 1 nitrogen and oxygen atoms in total. The zero-order chi connectivity index (χ0) is 13.1. The number of benzene rings is 2. The van der Waals surface area contributed by atoms with Crippen LogP contribution in [0.5, 0.6) is 0 Å². The molecular weight excluding hydrogens is 267 g/mol. The van der Waals surface area contributed by atoms with Crippen LogP contribution in [-0.2, 0) is 0 Å². The van der Waals surface area contributed by atoms with Gasteiger partial charge in [-0.15, -0.1) is 0 Å². The fourth-order valence-electron chi connectivity index (χ4n) is 1.76. The van der Waals surface area contributed by atoms with Gasteiger partial charge in [-0.2, -0.15) is 0 Å². The Morgan fingerprint density at radius 3 is 2.28 bits per heavy atom. The molecule has 92 valence electrons. The van der Waals surface area contributed by atoms with Crippen LogP contribution in [0.4, 0.5) is 0 Å². The number of Topliss-reactive ketones (excluding diaryl/α,β-unsaturated/α-hetero) is 1. The summed E-state index contributed by atoms with van der Waals surface area (Å²) in [5.41, 5.74) is 2.62. The monoisotopic (exact) mass is 278 g/mol. The summed E-state index contributed by atoms with van der Waals surface area (Å²) in [6.07, 6.45) is 0.515. The van der Waals surface area contributed by atoms with E-state index in [4.69, 9.17) is 23.2 Å². The Bertz CT molecular complexity index is 574. The molecule has 2 aromatic carbocycles. The van der Waals surface area contributed by atoms with Gasteiger partial charge in [-0.1, -0.05) is 60.5 Å². The summed E-state index contributed by atoms with van der Waals surface area (Å²) in [5.74, 6) is 0.142. The maximum atomic E-state index is 11.5. The Morgan fingerprint density at radius 2 is 1.72 bits per heavy atom. The minimum absolute atomic E-state index is 0.142. The lowest BCUT2D eigenvalue weighted by Gasteiger charge is -2.06. The van der Waals surface area contributed by atoms with Gasteiger partial charge in [-0.25, -0.2) is 0 Å². The highest BCUT2D eigenvalue weighted by Crippen LogP contribution is 2.30. The van der Waals surface area contributed by atoms with Gasteiger partial charge in [0.05, 0.1) is 0 Å². The quantitative estimate of drug-likeness (QED) is 0.701. The van der Waals surface area contributed by atoms with Gasteiger partial charge >= 0.3 is 0 Å². The Hall–Kier alpha value is -1.31. The van der Waals surface area contributed by atoms with Crippen LogP contribution in [0.2, 0.25) is 10.0 Å². The number of hydrogen-bond donors (Lipinski definition) is 0. The molecule has 0 fully saturated rings. The summed E-state index contributed by atoms with van der Waals surface area (Å²) in [7, 11) is 0. The van der Waals surface area contributed by atoms with Gasteiger partial charge in [0.1, 0.15) is 0 Å². The van der Waals surface area contributed by atoms with Crippen LogP contribution in [-0.4, -0.2) is 5.78 Å². The molecule has 0 unspecified atom stereocenters. The van der Waals surface area contributed by atoms with Crippen molar-refractivity contribution in [3.63, 3.8) is 0 Å². The van der Waals surface area contributed by atoms with Gasteiger partial charge in [0, 0.05) is 27.6 Å². The third kappa shape index (κ3) is 2.74. The van der Waals surface area contributed by atoms with Crippen LogP contribution < -0.4 is 0 Å². The lowest BCUT2D eigenvalue weighted by atomic mass is 10.0. The maximum Gasteiger partial charge on any atom is 0.162 e. The van der Waals surface area contributed by atoms with Gasteiger partial charge in [-0.05, 0) is 17.7 Å². The summed E-state index contributed by atoms with van der Waals surface area (Å²) in [6.45, 7) is 1.85. The molecule has 0 heterocycles. The maximum absolute atomic E-state index is 11.5. The highest BCUT2D eigenvalue weighted by molar-refractivity contribution is 6.36. The number of hydrogen-bond acceptors (Lipinski definition) is 1. The fraction of sp³-hybridized carbons (Fsp3) is 0.133. The van der Waals surface area contributed by atoms with Crippen molar-refractivity contribution >= 4 is 29.0 Å². The number of carbonyl (C=O) groups is 1. The molecule has 0 aliphatic heterocycles. The number of carbonyl (C=O) groups excluding carboxylic acids is 1. The Labute approximate surface area is 116 Å². The molecule has 0 aromatic heterocycles. The van der Waals surface area contributed by atoms with E-state index >= 15 is 0 Å². The van der Waals surface area contributed by atoms with Crippen LogP contribution >= 0.6 is 23.2 Å². The first kappa shape index (κ1) is 13.1. The fourth-order valence-corrected chi connectivity index (χ4v) is 2.28. The zero-order valence-corrected chi connectivity index (χ0v) is 11.4. The first-order valence-corrected chi connectivity index (χ1v) is 6.46. The van der Waals surface area contributed by atoms with Crippen molar-refractivity contribution in [2.75, 3.05) is 0 Å². The van der Waals surface area contributed by atoms with Crippen molar-refractivity contribution in [3.8, 4) is 11.1 Å². The van der Waals surface area contributed by atoms with Crippen molar-refractivity contribution < 1.29 is 4.79 Å². The molecule has 18 heavy (non-hydrogen) atoms. The predicted octanol–water partition coefficient (Wildman–Crippen LogP) is 5.25. The number of ketones is 1.